The van der Waals surface area contributed by atoms with Crippen molar-refractivity contribution in [1.29, 1.82) is 0 Å². The second-order valence-corrected chi connectivity index (χ2v) is 5.69. The number of carbonyl (C=O) groups excluding carboxylic acids is 2. The topological polar surface area (TPSA) is 79.3 Å². The van der Waals surface area contributed by atoms with Gasteiger partial charge in [0.05, 0.1) is 19.8 Å². The van der Waals surface area contributed by atoms with Gasteiger partial charge in [-0.15, -0.1) is 0 Å². The van der Waals surface area contributed by atoms with E-state index in [-0.39, 0.29) is 25.5 Å². The molecule has 2 rings (SSSR count). The first-order valence-corrected chi connectivity index (χ1v) is 7.38. The van der Waals surface area contributed by atoms with E-state index in [2.05, 4.69) is 0 Å². The van der Waals surface area contributed by atoms with Crippen LogP contribution in [0.25, 0.3) is 0 Å². The van der Waals surface area contributed by atoms with Crippen molar-refractivity contribution in [2.24, 2.45) is 0 Å². The summed E-state index contributed by atoms with van der Waals surface area (Å²) in [5, 5.41) is 9.76. The molecule has 1 unspecified atom stereocenters. The Labute approximate surface area is 135 Å². The van der Waals surface area contributed by atoms with E-state index >= 15 is 0 Å². The monoisotopic (exact) mass is 322 g/mol. The van der Waals surface area contributed by atoms with E-state index in [0.717, 1.165) is 11.3 Å². The zero-order valence-electron chi connectivity index (χ0n) is 13.6. The number of β-amino-alcohol motifs (C(OH)–C–C–N with tert-alkyl or cyclic N) is 1. The van der Waals surface area contributed by atoms with Crippen LogP contribution in [0.15, 0.2) is 24.3 Å². The average molecular weight is 322 g/mol. The molecule has 1 saturated heterocycles. The first kappa shape index (κ1) is 17.1. The van der Waals surface area contributed by atoms with Crippen molar-refractivity contribution in [2.75, 3.05) is 27.7 Å². The molecular weight excluding hydrogens is 300 g/mol. The van der Waals surface area contributed by atoms with Gasteiger partial charge in [-0.1, -0.05) is 12.1 Å². The van der Waals surface area contributed by atoms with Crippen LogP contribution in [0.1, 0.15) is 12.0 Å². The molecule has 7 heteroatoms. The first-order chi connectivity index (χ1) is 10.9. The lowest BCUT2D eigenvalue weighted by atomic mass is 10.2. The minimum absolute atomic E-state index is 0.0955. The standard InChI is InChI=1S/C16H22N2O5/c1-17(2)15(20)14-8-12(19)9-18(14)16(21)23-10-11-4-6-13(22-3)7-5-11/h4-7,12,14,19H,8-10H2,1-3H3/t12?,14-/m0/s1. The number of aliphatic hydroxyl groups excluding tert-OH is 1. The molecule has 7 nitrogen and oxygen atoms in total. The molecular formula is C16H22N2O5. The molecule has 1 aromatic rings. The second-order valence-electron chi connectivity index (χ2n) is 5.69. The molecule has 2 amide bonds. The average Bonchev–Trinajstić information content (AvgIpc) is 2.94. The Morgan fingerprint density at radius 2 is 1.96 bits per heavy atom. The van der Waals surface area contributed by atoms with Crippen LogP contribution in [0.3, 0.4) is 0 Å². The van der Waals surface area contributed by atoms with Crippen LogP contribution >= 0.6 is 0 Å². The molecule has 0 aliphatic carbocycles. The maximum absolute atomic E-state index is 12.2. The summed E-state index contributed by atoms with van der Waals surface area (Å²) in [6.07, 6.45) is -1.08. The van der Waals surface area contributed by atoms with Crippen molar-refractivity contribution in [3.05, 3.63) is 29.8 Å². The van der Waals surface area contributed by atoms with Crippen molar-refractivity contribution in [1.82, 2.24) is 9.80 Å². The van der Waals surface area contributed by atoms with Crippen molar-refractivity contribution < 1.29 is 24.2 Å². The van der Waals surface area contributed by atoms with Gasteiger partial charge in [-0.05, 0) is 17.7 Å². The Morgan fingerprint density at radius 3 is 2.52 bits per heavy atom. The Morgan fingerprint density at radius 1 is 1.30 bits per heavy atom. The fraction of sp³-hybridized carbons (Fsp3) is 0.500. The predicted molar refractivity (Wildman–Crippen MR) is 83.0 cm³/mol. The van der Waals surface area contributed by atoms with Gasteiger partial charge in [0, 0.05) is 20.5 Å². The molecule has 1 aliphatic rings. The SMILES string of the molecule is COc1ccc(COC(=O)N2CC(O)C[C@H]2C(=O)N(C)C)cc1. The van der Waals surface area contributed by atoms with Crippen molar-refractivity contribution >= 4 is 12.0 Å². The maximum atomic E-state index is 12.2. The van der Waals surface area contributed by atoms with E-state index in [0.29, 0.717) is 0 Å². The normalized spacial score (nSPS) is 20.3. The van der Waals surface area contributed by atoms with Crippen LogP contribution in [0.5, 0.6) is 5.75 Å². The number of benzene rings is 1. The molecule has 1 aliphatic heterocycles. The van der Waals surface area contributed by atoms with Crippen LogP contribution in [-0.4, -0.2) is 66.8 Å². The van der Waals surface area contributed by atoms with Crippen molar-refractivity contribution in [2.45, 2.75) is 25.2 Å². The quantitative estimate of drug-likeness (QED) is 0.889. The summed E-state index contributed by atoms with van der Waals surface area (Å²) in [6, 6.07) is 6.48. The van der Waals surface area contributed by atoms with E-state index in [1.807, 2.05) is 0 Å². The van der Waals surface area contributed by atoms with Gasteiger partial charge in [-0.3, -0.25) is 9.69 Å². The van der Waals surface area contributed by atoms with Crippen LogP contribution in [-0.2, 0) is 16.1 Å². The zero-order valence-corrected chi connectivity index (χ0v) is 13.6. The number of methoxy groups -OCH3 is 1. The number of likely N-dealkylation sites (tertiary alicyclic amines) is 1. The molecule has 0 aromatic heterocycles. The summed E-state index contributed by atoms with van der Waals surface area (Å²) in [7, 11) is 4.82. The highest BCUT2D eigenvalue weighted by atomic mass is 16.6. The zero-order chi connectivity index (χ0) is 17.0. The van der Waals surface area contributed by atoms with E-state index < -0.39 is 18.2 Å². The lowest BCUT2D eigenvalue weighted by molar-refractivity contribution is -0.133. The van der Waals surface area contributed by atoms with Gasteiger partial charge in [0.25, 0.3) is 0 Å². The number of nitrogens with zero attached hydrogens (tertiary/aromatic N) is 2. The summed E-state index contributed by atoms with van der Waals surface area (Å²) < 4.78 is 10.3. The fourth-order valence-corrected chi connectivity index (χ4v) is 2.50. The van der Waals surface area contributed by atoms with E-state index in [9.17, 15) is 14.7 Å². The molecule has 0 saturated carbocycles. The molecule has 1 N–H and O–H groups in total. The number of hydrogen-bond donors (Lipinski definition) is 1. The third-order valence-electron chi connectivity index (χ3n) is 3.76. The number of likely N-dealkylation sites (N-methyl/N-ethyl adjacent to an activating group) is 1. The number of amides is 2. The molecule has 0 radical (unpaired) electrons. The predicted octanol–water partition coefficient (Wildman–Crippen LogP) is 0.855. The summed E-state index contributed by atoms with van der Waals surface area (Å²) in [5.74, 6) is 0.502. The van der Waals surface area contributed by atoms with Crippen LogP contribution in [0.4, 0.5) is 4.79 Å². The van der Waals surface area contributed by atoms with Crippen LogP contribution < -0.4 is 4.74 Å². The van der Waals surface area contributed by atoms with Crippen LogP contribution in [0, 0.1) is 0 Å². The minimum atomic E-state index is -0.711. The Bertz CT molecular complexity index is 558. The molecule has 2 atom stereocenters. The maximum Gasteiger partial charge on any atom is 0.410 e. The second kappa shape index (κ2) is 7.32. The first-order valence-electron chi connectivity index (χ1n) is 7.38. The molecule has 1 fully saturated rings. The van der Waals surface area contributed by atoms with Gasteiger partial charge in [0.15, 0.2) is 0 Å². The number of ether oxygens (including phenoxy) is 2. The van der Waals surface area contributed by atoms with Gasteiger partial charge in [-0.2, -0.15) is 0 Å². The summed E-state index contributed by atoms with van der Waals surface area (Å²) in [5.41, 5.74) is 0.814. The Balaban J connectivity index is 1.96. The fourth-order valence-electron chi connectivity index (χ4n) is 2.50. The third-order valence-corrected chi connectivity index (χ3v) is 3.76. The Kier molecular flexibility index (Phi) is 5.44. The molecule has 126 valence electrons. The van der Waals surface area contributed by atoms with Gasteiger partial charge in [0.1, 0.15) is 18.4 Å². The Hall–Kier alpha value is -2.28. The van der Waals surface area contributed by atoms with Gasteiger partial charge < -0.3 is 19.5 Å². The lowest BCUT2D eigenvalue weighted by Gasteiger charge is -2.25. The van der Waals surface area contributed by atoms with Gasteiger partial charge >= 0.3 is 6.09 Å². The third kappa shape index (κ3) is 4.13. The number of carbonyl (C=O) groups is 2. The molecule has 0 spiro atoms. The van der Waals surface area contributed by atoms with E-state index in [1.54, 1.807) is 45.5 Å². The number of rotatable bonds is 4. The molecule has 1 aromatic carbocycles. The van der Waals surface area contributed by atoms with Gasteiger partial charge in [0.2, 0.25) is 5.91 Å². The highest BCUT2D eigenvalue weighted by Gasteiger charge is 2.40. The van der Waals surface area contributed by atoms with Gasteiger partial charge in [-0.25, -0.2) is 4.79 Å². The van der Waals surface area contributed by atoms with Crippen LogP contribution in [0.2, 0.25) is 0 Å². The minimum Gasteiger partial charge on any atom is -0.497 e. The molecule has 1 heterocycles. The van der Waals surface area contributed by atoms with Crippen molar-refractivity contribution in [3.8, 4) is 5.75 Å². The van der Waals surface area contributed by atoms with E-state index in [1.165, 1.54) is 9.80 Å². The number of hydrogen-bond acceptors (Lipinski definition) is 5. The largest absolute Gasteiger partial charge is 0.497 e. The highest BCUT2D eigenvalue weighted by Crippen LogP contribution is 2.21. The summed E-state index contributed by atoms with van der Waals surface area (Å²) in [4.78, 5) is 27.0. The molecule has 0 bridgehead atoms. The highest BCUT2D eigenvalue weighted by molar-refractivity contribution is 5.86. The summed E-state index contributed by atoms with van der Waals surface area (Å²) in [6.45, 7) is 0.198. The molecule has 23 heavy (non-hydrogen) atoms. The van der Waals surface area contributed by atoms with Crippen molar-refractivity contribution in [3.63, 3.8) is 0 Å². The van der Waals surface area contributed by atoms with E-state index in [4.69, 9.17) is 9.47 Å². The summed E-state index contributed by atoms with van der Waals surface area (Å²) >= 11 is 0. The smallest absolute Gasteiger partial charge is 0.410 e. The number of aliphatic hydroxyl groups is 1. The lowest BCUT2D eigenvalue weighted by Crippen LogP contribution is -2.45.